The molecule has 0 amide bonds. The third-order valence-electron chi connectivity index (χ3n) is 2.42. The highest BCUT2D eigenvalue weighted by Crippen LogP contribution is 2.32. The average Bonchev–Trinajstić information content (AvgIpc) is 2.18. The highest BCUT2D eigenvalue weighted by Gasteiger charge is 2.16. The smallest absolute Gasteiger partial charge is 0.128 e. The van der Waals surface area contributed by atoms with Crippen LogP contribution >= 0.6 is 11.6 Å². The van der Waals surface area contributed by atoms with Crippen molar-refractivity contribution in [3.8, 4) is 0 Å². The Kier molecular flexibility index (Phi) is 2.22. The van der Waals surface area contributed by atoms with E-state index in [1.165, 1.54) is 0 Å². The van der Waals surface area contributed by atoms with Crippen molar-refractivity contribution >= 4 is 23.1 Å². The predicted molar refractivity (Wildman–Crippen MR) is 53.5 cm³/mol. The summed E-state index contributed by atoms with van der Waals surface area (Å²) in [6, 6.07) is 5.69. The largest absolute Gasteiger partial charge is 0.233 e. The molecular weight excluding hydrogens is 184 g/mol. The van der Waals surface area contributed by atoms with E-state index in [0.29, 0.717) is 0 Å². The first-order valence-corrected chi connectivity index (χ1v) is 4.72. The molecule has 1 aliphatic carbocycles. The number of fused-ring (bicyclic) bond motifs is 1. The van der Waals surface area contributed by atoms with Crippen molar-refractivity contribution in [1.29, 1.82) is 0 Å². The molecular formula is C11H9ClO. The average molecular weight is 193 g/mol. The van der Waals surface area contributed by atoms with E-state index >= 15 is 0 Å². The van der Waals surface area contributed by atoms with E-state index in [0.717, 1.165) is 41.0 Å². The second-order valence-corrected chi connectivity index (χ2v) is 3.61. The van der Waals surface area contributed by atoms with E-state index in [1.54, 1.807) is 0 Å². The molecule has 0 spiro atoms. The molecule has 2 heteroatoms. The topological polar surface area (TPSA) is 17.1 Å². The lowest BCUT2D eigenvalue weighted by atomic mass is 9.88. The van der Waals surface area contributed by atoms with Crippen LogP contribution in [0, 0.1) is 0 Å². The molecule has 0 aromatic heterocycles. The van der Waals surface area contributed by atoms with Gasteiger partial charge in [0.15, 0.2) is 0 Å². The van der Waals surface area contributed by atoms with Crippen molar-refractivity contribution in [1.82, 2.24) is 0 Å². The van der Waals surface area contributed by atoms with Crippen LogP contribution in [0.2, 0.25) is 5.02 Å². The summed E-state index contributed by atoms with van der Waals surface area (Å²) in [5.74, 6) is 2.00. The van der Waals surface area contributed by atoms with Gasteiger partial charge in [0.1, 0.15) is 5.94 Å². The number of hydrogen-bond acceptors (Lipinski definition) is 1. The second-order valence-electron chi connectivity index (χ2n) is 3.20. The van der Waals surface area contributed by atoms with E-state index in [-0.39, 0.29) is 0 Å². The molecule has 0 saturated heterocycles. The molecule has 0 saturated carbocycles. The Hall–Kier alpha value is -1.04. The Bertz CT molecular complexity index is 389. The van der Waals surface area contributed by atoms with Crippen LogP contribution in [-0.2, 0) is 11.2 Å². The Morgan fingerprint density at radius 3 is 2.92 bits per heavy atom. The van der Waals surface area contributed by atoms with E-state index in [4.69, 9.17) is 11.6 Å². The molecule has 0 N–H and O–H groups in total. The Morgan fingerprint density at radius 2 is 2.15 bits per heavy atom. The molecule has 0 aliphatic heterocycles. The molecule has 0 radical (unpaired) electrons. The zero-order chi connectivity index (χ0) is 9.26. The summed E-state index contributed by atoms with van der Waals surface area (Å²) in [5, 5.41) is 0.768. The van der Waals surface area contributed by atoms with Gasteiger partial charge in [-0.1, -0.05) is 23.7 Å². The van der Waals surface area contributed by atoms with Gasteiger partial charge in [0.25, 0.3) is 0 Å². The summed E-state index contributed by atoms with van der Waals surface area (Å²) in [6.45, 7) is 0. The van der Waals surface area contributed by atoms with Crippen LogP contribution in [0.25, 0.3) is 5.57 Å². The lowest BCUT2D eigenvalue weighted by Crippen LogP contribution is -2.02. The number of hydrogen-bond donors (Lipinski definition) is 0. The summed E-state index contributed by atoms with van der Waals surface area (Å²) in [4.78, 5) is 10.6. The van der Waals surface area contributed by atoms with Crippen LogP contribution in [0.3, 0.4) is 0 Å². The molecule has 1 aliphatic rings. The monoisotopic (exact) mass is 192 g/mol. The van der Waals surface area contributed by atoms with E-state index in [9.17, 15) is 4.79 Å². The van der Waals surface area contributed by atoms with Crippen molar-refractivity contribution in [3.05, 3.63) is 34.3 Å². The molecule has 13 heavy (non-hydrogen) atoms. The van der Waals surface area contributed by atoms with Crippen LogP contribution in [0.1, 0.15) is 24.0 Å². The molecule has 2 rings (SSSR count). The van der Waals surface area contributed by atoms with Crippen molar-refractivity contribution in [2.24, 2.45) is 0 Å². The van der Waals surface area contributed by atoms with Gasteiger partial charge < -0.3 is 0 Å². The standard InChI is InChI=1S/C11H9ClO/c12-11-6-2-4-9-8(7-13)3-1-5-10(9)11/h2,4,6H,1,3,5H2. The second kappa shape index (κ2) is 3.37. The number of carbonyl (C=O) groups excluding carboxylic acids is 1. The van der Waals surface area contributed by atoms with Gasteiger partial charge in [-0.25, -0.2) is 4.79 Å². The van der Waals surface area contributed by atoms with Crippen LogP contribution < -0.4 is 0 Å². The third-order valence-corrected chi connectivity index (χ3v) is 2.77. The number of rotatable bonds is 0. The molecule has 0 atom stereocenters. The Morgan fingerprint density at radius 1 is 1.31 bits per heavy atom. The summed E-state index contributed by atoms with van der Waals surface area (Å²) < 4.78 is 0. The summed E-state index contributed by atoms with van der Waals surface area (Å²) in [6.07, 6.45) is 2.80. The van der Waals surface area contributed by atoms with Gasteiger partial charge in [-0.15, -0.1) is 0 Å². The predicted octanol–water partition coefficient (Wildman–Crippen LogP) is 2.89. The first-order chi connectivity index (χ1) is 6.33. The van der Waals surface area contributed by atoms with Gasteiger partial charge in [-0.2, -0.15) is 0 Å². The molecule has 0 unspecified atom stereocenters. The van der Waals surface area contributed by atoms with E-state index in [2.05, 4.69) is 0 Å². The van der Waals surface area contributed by atoms with Crippen molar-refractivity contribution < 1.29 is 4.79 Å². The maximum absolute atomic E-state index is 10.6. The van der Waals surface area contributed by atoms with E-state index in [1.807, 2.05) is 24.1 Å². The first-order valence-electron chi connectivity index (χ1n) is 4.34. The summed E-state index contributed by atoms with van der Waals surface area (Å²) >= 11 is 6.02. The molecule has 1 aromatic carbocycles. The molecule has 0 heterocycles. The number of halogens is 1. The summed E-state index contributed by atoms with van der Waals surface area (Å²) in [7, 11) is 0. The van der Waals surface area contributed by atoms with E-state index < -0.39 is 0 Å². The quantitative estimate of drug-likeness (QED) is 0.578. The zero-order valence-electron chi connectivity index (χ0n) is 7.14. The normalized spacial score (nSPS) is 15.0. The minimum Gasteiger partial charge on any atom is -0.233 e. The minimum absolute atomic E-state index is 0.767. The highest BCUT2D eigenvalue weighted by atomic mass is 35.5. The fourth-order valence-corrected chi connectivity index (χ4v) is 2.05. The number of allylic oxidation sites excluding steroid dienone is 1. The first kappa shape index (κ1) is 8.55. The molecule has 1 aromatic rings. The summed E-state index contributed by atoms with van der Waals surface area (Å²) in [5.41, 5.74) is 2.87. The molecule has 0 bridgehead atoms. The lowest BCUT2D eigenvalue weighted by Gasteiger charge is -2.17. The zero-order valence-corrected chi connectivity index (χ0v) is 7.90. The minimum atomic E-state index is 0.767. The fraction of sp³-hybridized carbons (Fsp3) is 0.273. The highest BCUT2D eigenvalue weighted by molar-refractivity contribution is 6.31. The van der Waals surface area contributed by atoms with Gasteiger partial charge in [-0.3, -0.25) is 0 Å². The van der Waals surface area contributed by atoms with Gasteiger partial charge in [0, 0.05) is 10.6 Å². The van der Waals surface area contributed by atoms with Gasteiger partial charge in [0.05, 0.1) is 0 Å². The molecule has 66 valence electrons. The van der Waals surface area contributed by atoms with Crippen LogP contribution in [0.4, 0.5) is 0 Å². The van der Waals surface area contributed by atoms with Crippen molar-refractivity contribution in [2.75, 3.05) is 0 Å². The van der Waals surface area contributed by atoms with Crippen LogP contribution in [-0.4, -0.2) is 5.94 Å². The lowest BCUT2D eigenvalue weighted by molar-refractivity contribution is 0.568. The van der Waals surface area contributed by atoms with Gasteiger partial charge in [-0.05, 0) is 36.5 Å². The van der Waals surface area contributed by atoms with Gasteiger partial charge in [0.2, 0.25) is 0 Å². The molecule has 0 fully saturated rings. The van der Waals surface area contributed by atoms with Gasteiger partial charge >= 0.3 is 0 Å². The maximum atomic E-state index is 10.6. The fourth-order valence-electron chi connectivity index (χ4n) is 1.78. The Labute approximate surface area is 82.0 Å². The van der Waals surface area contributed by atoms with Crippen LogP contribution in [0.5, 0.6) is 0 Å². The van der Waals surface area contributed by atoms with Crippen LogP contribution in [0.15, 0.2) is 18.2 Å². The van der Waals surface area contributed by atoms with Crippen molar-refractivity contribution in [3.63, 3.8) is 0 Å². The maximum Gasteiger partial charge on any atom is 0.128 e. The van der Waals surface area contributed by atoms with Crippen molar-refractivity contribution in [2.45, 2.75) is 19.3 Å². The third kappa shape index (κ3) is 1.41. The molecule has 1 nitrogen and oxygen atoms in total. The number of benzene rings is 1. The Balaban J connectivity index is 2.64. The SMILES string of the molecule is O=C=C1CCCc2c(Cl)cccc21.